The number of aryl methyl sites for hydroxylation is 3. The van der Waals surface area contributed by atoms with Gasteiger partial charge >= 0.3 is 11.6 Å². The van der Waals surface area contributed by atoms with Crippen LogP contribution < -0.4 is 15.1 Å². The van der Waals surface area contributed by atoms with Crippen LogP contribution in [-0.4, -0.2) is 20.4 Å². The lowest BCUT2D eigenvalue weighted by Gasteiger charge is -2.21. The fourth-order valence-corrected chi connectivity index (χ4v) is 5.75. The Balaban J connectivity index is 1.63. The molecule has 0 radical (unpaired) electrons. The average molecular weight is 498 g/mol. The number of carbonyl (C=O) groups is 1. The summed E-state index contributed by atoms with van der Waals surface area (Å²) in [5, 5.41) is 0.857. The first kappa shape index (κ1) is 25.1. The molecule has 1 aromatic heterocycles. The van der Waals surface area contributed by atoms with Crippen molar-refractivity contribution in [3.63, 3.8) is 0 Å². The normalized spacial score (nSPS) is 14.7. The Hall–Kier alpha value is -2.97. The quantitative estimate of drug-likeness (QED) is 0.291. The van der Waals surface area contributed by atoms with Crippen LogP contribution in [0.5, 0.6) is 5.75 Å². The summed E-state index contributed by atoms with van der Waals surface area (Å²) in [7, 11) is -3.93. The minimum Gasteiger partial charge on any atom is -0.425 e. The molecular weight excluding hydrogens is 466 g/mol. The van der Waals surface area contributed by atoms with Gasteiger partial charge in [0.25, 0.3) is 0 Å². The predicted molar refractivity (Wildman–Crippen MR) is 134 cm³/mol. The number of nitrogens with one attached hydrogen (secondary N) is 1. The summed E-state index contributed by atoms with van der Waals surface area (Å²) in [6.45, 7) is 7.41. The Morgan fingerprint density at radius 3 is 2.34 bits per heavy atom. The van der Waals surface area contributed by atoms with Crippen molar-refractivity contribution in [3.05, 3.63) is 69.1 Å². The molecule has 0 spiro atoms. The molecule has 1 atom stereocenters. The van der Waals surface area contributed by atoms with Crippen molar-refractivity contribution in [3.8, 4) is 5.75 Å². The number of fused-ring (bicyclic) bond motifs is 3. The van der Waals surface area contributed by atoms with Gasteiger partial charge in [0.15, 0.2) is 0 Å². The maximum Gasteiger partial charge on any atom is 0.339 e. The van der Waals surface area contributed by atoms with Crippen LogP contribution >= 0.6 is 0 Å². The molecule has 35 heavy (non-hydrogen) atoms. The van der Waals surface area contributed by atoms with E-state index in [-0.39, 0.29) is 28.6 Å². The van der Waals surface area contributed by atoms with Crippen molar-refractivity contribution in [2.75, 3.05) is 0 Å². The van der Waals surface area contributed by atoms with Crippen molar-refractivity contribution >= 4 is 27.0 Å². The number of hydrogen-bond acceptors (Lipinski definition) is 6. The molecule has 1 heterocycles. The predicted octanol–water partition coefficient (Wildman–Crippen LogP) is 4.59. The number of carbonyl (C=O) groups excluding carboxylic acids is 1. The van der Waals surface area contributed by atoms with Gasteiger partial charge in [0, 0.05) is 16.5 Å². The Labute approximate surface area is 205 Å². The van der Waals surface area contributed by atoms with Crippen LogP contribution in [0.4, 0.5) is 0 Å². The molecule has 186 valence electrons. The zero-order valence-corrected chi connectivity index (χ0v) is 21.3. The maximum atomic E-state index is 13.2. The summed E-state index contributed by atoms with van der Waals surface area (Å²) in [4.78, 5) is 25.8. The molecule has 0 amide bonds. The first-order valence-corrected chi connectivity index (χ1v) is 13.4. The maximum absolute atomic E-state index is 13.2. The average Bonchev–Trinajstić information content (AvgIpc) is 2.81. The summed E-state index contributed by atoms with van der Waals surface area (Å²) in [5.74, 6) is -0.433. The lowest BCUT2D eigenvalue weighted by molar-refractivity contribution is -0.136. The second-order valence-corrected chi connectivity index (χ2v) is 11.4. The second-order valence-electron chi connectivity index (χ2n) is 9.66. The molecule has 0 saturated heterocycles. The second kappa shape index (κ2) is 9.95. The number of sulfonamides is 1. The molecule has 0 bridgehead atoms. The molecule has 1 aliphatic carbocycles. The van der Waals surface area contributed by atoms with E-state index in [0.717, 1.165) is 41.3 Å². The molecule has 1 N–H and O–H groups in total. The van der Waals surface area contributed by atoms with Crippen molar-refractivity contribution < 1.29 is 22.4 Å². The molecule has 0 fully saturated rings. The van der Waals surface area contributed by atoms with Crippen LogP contribution in [0.2, 0.25) is 0 Å². The highest BCUT2D eigenvalue weighted by molar-refractivity contribution is 7.89. The van der Waals surface area contributed by atoms with Gasteiger partial charge in [-0.15, -0.1) is 0 Å². The number of rotatable bonds is 7. The fraction of sp³-hybridized carbons (Fsp3) is 0.407. The standard InChI is InChI=1S/C27H31NO6S/c1-16(2)15-23(28-35(31,32)19-11-9-17(3)10-12-19)27(30)33-24-14-13-21-20-7-5-6-8-22(20)26(29)34-25(21)18(24)4/h9-14,16,23,28H,5-8,15H2,1-4H3. The highest BCUT2D eigenvalue weighted by atomic mass is 32.2. The summed E-state index contributed by atoms with van der Waals surface area (Å²) in [5.41, 5.74) is 3.26. The van der Waals surface area contributed by atoms with E-state index in [2.05, 4.69) is 4.72 Å². The van der Waals surface area contributed by atoms with Crippen molar-refractivity contribution in [1.82, 2.24) is 4.72 Å². The van der Waals surface area contributed by atoms with E-state index in [1.807, 2.05) is 26.8 Å². The minimum absolute atomic E-state index is 0.0375. The monoisotopic (exact) mass is 497 g/mol. The molecule has 4 rings (SSSR count). The highest BCUT2D eigenvalue weighted by Crippen LogP contribution is 2.33. The van der Waals surface area contributed by atoms with Crippen LogP contribution in [0.25, 0.3) is 11.0 Å². The lowest BCUT2D eigenvalue weighted by Crippen LogP contribution is -2.43. The number of esters is 1. The van der Waals surface area contributed by atoms with Gasteiger partial charge in [-0.3, -0.25) is 0 Å². The zero-order valence-electron chi connectivity index (χ0n) is 20.5. The smallest absolute Gasteiger partial charge is 0.339 e. The van der Waals surface area contributed by atoms with Crippen LogP contribution in [0.15, 0.2) is 50.5 Å². The van der Waals surface area contributed by atoms with E-state index >= 15 is 0 Å². The van der Waals surface area contributed by atoms with E-state index in [0.29, 0.717) is 17.6 Å². The van der Waals surface area contributed by atoms with Gasteiger partial charge < -0.3 is 9.15 Å². The van der Waals surface area contributed by atoms with Crippen molar-refractivity contribution in [1.29, 1.82) is 0 Å². The van der Waals surface area contributed by atoms with Gasteiger partial charge in [-0.1, -0.05) is 31.5 Å². The van der Waals surface area contributed by atoms with Crippen LogP contribution in [0.3, 0.4) is 0 Å². The zero-order chi connectivity index (χ0) is 25.3. The molecule has 1 aliphatic rings. The number of ether oxygens (including phenoxy) is 1. The molecular formula is C27H31NO6S. The summed E-state index contributed by atoms with van der Waals surface area (Å²) >= 11 is 0. The van der Waals surface area contributed by atoms with E-state index in [4.69, 9.17) is 9.15 Å². The van der Waals surface area contributed by atoms with E-state index in [9.17, 15) is 18.0 Å². The molecule has 8 heteroatoms. The Bertz CT molecular complexity index is 1420. The lowest BCUT2D eigenvalue weighted by atomic mass is 9.90. The third-order valence-electron chi connectivity index (χ3n) is 6.42. The molecule has 3 aromatic rings. The SMILES string of the molecule is Cc1ccc(S(=O)(=O)NC(CC(C)C)C(=O)Oc2ccc3c4c(c(=O)oc3c2C)CCCC4)cc1. The highest BCUT2D eigenvalue weighted by Gasteiger charge is 2.29. The first-order chi connectivity index (χ1) is 16.6. The fourth-order valence-electron chi connectivity index (χ4n) is 4.55. The summed E-state index contributed by atoms with van der Waals surface area (Å²) in [6, 6.07) is 8.84. The minimum atomic E-state index is -3.93. The molecule has 1 unspecified atom stereocenters. The topological polar surface area (TPSA) is 103 Å². The third kappa shape index (κ3) is 5.33. The van der Waals surface area contributed by atoms with Crippen LogP contribution in [0.1, 0.15) is 55.4 Å². The van der Waals surface area contributed by atoms with Gasteiger partial charge in [-0.05, 0) is 81.7 Å². The van der Waals surface area contributed by atoms with Crippen molar-refractivity contribution in [2.24, 2.45) is 5.92 Å². The molecule has 7 nitrogen and oxygen atoms in total. The van der Waals surface area contributed by atoms with Crippen LogP contribution in [0, 0.1) is 19.8 Å². The molecule has 0 aliphatic heterocycles. The molecule has 0 saturated carbocycles. The van der Waals surface area contributed by atoms with Gasteiger partial charge in [0.2, 0.25) is 10.0 Å². The largest absolute Gasteiger partial charge is 0.425 e. The van der Waals surface area contributed by atoms with E-state index < -0.39 is 22.0 Å². The van der Waals surface area contributed by atoms with Gasteiger partial charge in [0.05, 0.1) is 4.90 Å². The van der Waals surface area contributed by atoms with Crippen molar-refractivity contribution in [2.45, 2.75) is 70.7 Å². The Kier molecular flexibility index (Phi) is 7.15. The summed E-state index contributed by atoms with van der Waals surface area (Å²) in [6.07, 6.45) is 3.76. The van der Waals surface area contributed by atoms with Crippen LogP contribution in [-0.2, 0) is 27.7 Å². The first-order valence-electron chi connectivity index (χ1n) is 12.0. The Morgan fingerprint density at radius 2 is 1.69 bits per heavy atom. The molecule has 2 aromatic carbocycles. The van der Waals surface area contributed by atoms with Gasteiger partial charge in [-0.25, -0.2) is 18.0 Å². The number of benzene rings is 2. The van der Waals surface area contributed by atoms with Gasteiger partial charge in [-0.2, -0.15) is 4.72 Å². The van der Waals surface area contributed by atoms with E-state index in [1.165, 1.54) is 12.1 Å². The summed E-state index contributed by atoms with van der Waals surface area (Å²) < 4.78 is 39.7. The van der Waals surface area contributed by atoms with Gasteiger partial charge in [0.1, 0.15) is 17.4 Å². The third-order valence-corrected chi connectivity index (χ3v) is 7.91. The number of hydrogen-bond donors (Lipinski definition) is 1. The Morgan fingerprint density at radius 1 is 1.03 bits per heavy atom. The van der Waals surface area contributed by atoms with E-state index in [1.54, 1.807) is 25.1 Å².